The van der Waals surface area contributed by atoms with Crippen LogP contribution in [0.25, 0.3) is 0 Å². The lowest BCUT2D eigenvalue weighted by Crippen LogP contribution is -2.14. The smallest absolute Gasteiger partial charge is 0.275 e. The molecule has 2 aromatic heterocycles. The lowest BCUT2D eigenvalue weighted by atomic mass is 10.3. The number of nitrogens with zero attached hydrogens (tertiary/aromatic N) is 2. The minimum Gasteiger partial charge on any atom is -0.384 e. The Morgan fingerprint density at radius 1 is 1.20 bits per heavy atom. The lowest BCUT2D eigenvalue weighted by Gasteiger charge is -2.06. The van der Waals surface area contributed by atoms with Crippen molar-refractivity contribution in [3.8, 4) is 0 Å². The van der Waals surface area contributed by atoms with Gasteiger partial charge >= 0.3 is 0 Å². The van der Waals surface area contributed by atoms with Gasteiger partial charge < -0.3 is 10.6 Å². The summed E-state index contributed by atoms with van der Waals surface area (Å²) in [6.45, 7) is 2.96. The van der Waals surface area contributed by atoms with Gasteiger partial charge in [0.15, 0.2) is 0 Å². The molecule has 0 saturated heterocycles. The van der Waals surface area contributed by atoms with Crippen LogP contribution in [0.1, 0.15) is 23.8 Å². The van der Waals surface area contributed by atoms with Crippen molar-refractivity contribution >= 4 is 29.0 Å². The molecule has 0 aromatic carbocycles. The van der Waals surface area contributed by atoms with Crippen LogP contribution in [0.15, 0.2) is 36.7 Å². The highest BCUT2D eigenvalue weighted by molar-refractivity contribution is 6.30. The number of amides is 1. The van der Waals surface area contributed by atoms with Gasteiger partial charge in [0.1, 0.15) is 11.5 Å². The van der Waals surface area contributed by atoms with Crippen molar-refractivity contribution in [2.24, 2.45) is 0 Å². The number of hydrogen-bond donors (Lipinski definition) is 2. The average molecular weight is 291 g/mol. The van der Waals surface area contributed by atoms with Gasteiger partial charge in [-0.3, -0.25) is 4.79 Å². The Labute approximate surface area is 122 Å². The molecule has 0 aliphatic rings. The highest BCUT2D eigenvalue weighted by atomic mass is 35.5. The van der Waals surface area contributed by atoms with E-state index in [0.717, 1.165) is 18.7 Å². The Morgan fingerprint density at radius 3 is 2.65 bits per heavy atom. The molecule has 0 spiro atoms. The first-order chi connectivity index (χ1) is 9.69. The van der Waals surface area contributed by atoms with E-state index in [1.54, 1.807) is 24.4 Å². The van der Waals surface area contributed by atoms with Crippen LogP contribution in [0.5, 0.6) is 0 Å². The van der Waals surface area contributed by atoms with Crippen molar-refractivity contribution in [1.82, 2.24) is 9.97 Å². The second-order valence-electron chi connectivity index (χ2n) is 4.17. The van der Waals surface area contributed by atoms with E-state index in [2.05, 4.69) is 27.5 Å². The standard InChI is InChI=1S/C14H15ClN4O/c1-2-7-16-11-4-5-12(17-9-11)14(20)19-13-6-3-10(15)8-18-13/h3-6,8-9,16H,2,7H2,1H3,(H,18,19,20). The molecule has 2 heterocycles. The first kappa shape index (κ1) is 14.3. The SMILES string of the molecule is CCCNc1ccc(C(=O)Nc2ccc(Cl)cn2)nc1. The highest BCUT2D eigenvalue weighted by Crippen LogP contribution is 2.11. The lowest BCUT2D eigenvalue weighted by molar-refractivity contribution is 0.102. The molecule has 2 aromatic rings. The van der Waals surface area contributed by atoms with E-state index < -0.39 is 0 Å². The van der Waals surface area contributed by atoms with Crippen LogP contribution in [0.4, 0.5) is 11.5 Å². The Kier molecular flexibility index (Phi) is 4.90. The van der Waals surface area contributed by atoms with Crippen LogP contribution in [0.3, 0.4) is 0 Å². The number of anilines is 2. The van der Waals surface area contributed by atoms with E-state index in [1.807, 2.05) is 6.07 Å². The third-order valence-corrected chi connectivity index (χ3v) is 2.77. The first-order valence-electron chi connectivity index (χ1n) is 6.32. The minimum absolute atomic E-state index is 0.304. The zero-order valence-corrected chi connectivity index (χ0v) is 11.8. The molecule has 5 nitrogen and oxygen atoms in total. The van der Waals surface area contributed by atoms with Crippen molar-refractivity contribution in [2.75, 3.05) is 17.2 Å². The van der Waals surface area contributed by atoms with E-state index in [9.17, 15) is 4.79 Å². The van der Waals surface area contributed by atoms with E-state index in [-0.39, 0.29) is 5.91 Å². The van der Waals surface area contributed by atoms with Crippen LogP contribution in [0.2, 0.25) is 5.02 Å². The Bertz CT molecular complexity index is 569. The molecule has 0 aliphatic carbocycles. The second-order valence-corrected chi connectivity index (χ2v) is 4.61. The van der Waals surface area contributed by atoms with Gasteiger partial charge in [-0.15, -0.1) is 0 Å². The fourth-order valence-corrected chi connectivity index (χ4v) is 1.64. The summed E-state index contributed by atoms with van der Waals surface area (Å²) in [4.78, 5) is 20.1. The maximum Gasteiger partial charge on any atom is 0.275 e. The number of nitrogens with one attached hydrogen (secondary N) is 2. The normalized spacial score (nSPS) is 10.1. The number of carbonyl (C=O) groups excluding carboxylic acids is 1. The number of aromatic nitrogens is 2. The molecule has 0 atom stereocenters. The molecule has 2 rings (SSSR count). The van der Waals surface area contributed by atoms with Crippen molar-refractivity contribution in [2.45, 2.75) is 13.3 Å². The van der Waals surface area contributed by atoms with E-state index in [4.69, 9.17) is 11.6 Å². The molecule has 0 bridgehead atoms. The molecule has 0 saturated carbocycles. The first-order valence-corrected chi connectivity index (χ1v) is 6.69. The van der Waals surface area contributed by atoms with Gasteiger partial charge in [-0.1, -0.05) is 18.5 Å². The van der Waals surface area contributed by atoms with Crippen LogP contribution in [-0.2, 0) is 0 Å². The summed E-state index contributed by atoms with van der Waals surface area (Å²) in [6.07, 6.45) is 4.15. The second kappa shape index (κ2) is 6.86. The zero-order chi connectivity index (χ0) is 14.4. The fourth-order valence-electron chi connectivity index (χ4n) is 1.53. The summed E-state index contributed by atoms with van der Waals surface area (Å²) in [7, 11) is 0. The minimum atomic E-state index is -0.304. The van der Waals surface area contributed by atoms with Crippen LogP contribution < -0.4 is 10.6 Å². The summed E-state index contributed by atoms with van der Waals surface area (Å²) in [5, 5.41) is 6.37. The molecule has 2 N–H and O–H groups in total. The monoisotopic (exact) mass is 290 g/mol. The number of rotatable bonds is 5. The molecule has 20 heavy (non-hydrogen) atoms. The van der Waals surface area contributed by atoms with Gasteiger partial charge in [0.2, 0.25) is 0 Å². The predicted octanol–water partition coefficient (Wildman–Crippen LogP) is 3.20. The summed E-state index contributed by atoms with van der Waals surface area (Å²) < 4.78 is 0. The van der Waals surface area contributed by atoms with E-state index >= 15 is 0 Å². The number of hydrogen-bond acceptors (Lipinski definition) is 4. The van der Waals surface area contributed by atoms with Crippen LogP contribution in [0, 0.1) is 0 Å². The van der Waals surface area contributed by atoms with Gasteiger partial charge in [-0.05, 0) is 30.7 Å². The maximum atomic E-state index is 12.0. The molecule has 0 unspecified atom stereocenters. The van der Waals surface area contributed by atoms with Gasteiger partial charge in [-0.2, -0.15) is 0 Å². The number of halogens is 1. The fraction of sp³-hybridized carbons (Fsp3) is 0.214. The average Bonchev–Trinajstić information content (AvgIpc) is 2.48. The molecule has 0 fully saturated rings. The molecule has 6 heteroatoms. The third kappa shape index (κ3) is 3.93. The molecule has 104 valence electrons. The van der Waals surface area contributed by atoms with Crippen LogP contribution in [-0.4, -0.2) is 22.4 Å². The molecule has 1 amide bonds. The Morgan fingerprint density at radius 2 is 2.05 bits per heavy atom. The Balaban J connectivity index is 2.00. The van der Waals surface area contributed by atoms with E-state index in [1.165, 1.54) is 6.20 Å². The summed E-state index contributed by atoms with van der Waals surface area (Å²) in [5.41, 5.74) is 1.23. The molecular weight excluding hydrogens is 276 g/mol. The van der Waals surface area contributed by atoms with E-state index in [0.29, 0.717) is 16.5 Å². The quantitative estimate of drug-likeness (QED) is 0.887. The topological polar surface area (TPSA) is 66.9 Å². The van der Waals surface area contributed by atoms with Crippen molar-refractivity contribution in [3.05, 3.63) is 47.4 Å². The highest BCUT2D eigenvalue weighted by Gasteiger charge is 2.08. The maximum absolute atomic E-state index is 12.0. The summed E-state index contributed by atoms with van der Waals surface area (Å²) >= 11 is 5.73. The summed E-state index contributed by atoms with van der Waals surface area (Å²) in [5.74, 6) is 0.135. The van der Waals surface area contributed by atoms with Crippen molar-refractivity contribution < 1.29 is 4.79 Å². The van der Waals surface area contributed by atoms with Gasteiger partial charge in [0, 0.05) is 12.7 Å². The third-order valence-electron chi connectivity index (χ3n) is 2.54. The zero-order valence-electron chi connectivity index (χ0n) is 11.1. The van der Waals surface area contributed by atoms with Crippen molar-refractivity contribution in [3.63, 3.8) is 0 Å². The largest absolute Gasteiger partial charge is 0.384 e. The number of pyridine rings is 2. The molecule has 0 aliphatic heterocycles. The number of carbonyl (C=O) groups is 1. The van der Waals surface area contributed by atoms with Crippen LogP contribution >= 0.6 is 11.6 Å². The molecular formula is C14H15ClN4O. The molecule has 0 radical (unpaired) electrons. The van der Waals surface area contributed by atoms with Crippen molar-refractivity contribution in [1.29, 1.82) is 0 Å². The van der Waals surface area contributed by atoms with Gasteiger partial charge in [-0.25, -0.2) is 9.97 Å². The van der Waals surface area contributed by atoms with Gasteiger partial charge in [0.05, 0.1) is 16.9 Å². The predicted molar refractivity (Wildman–Crippen MR) is 80.2 cm³/mol. The van der Waals surface area contributed by atoms with Gasteiger partial charge in [0.25, 0.3) is 5.91 Å². The summed E-state index contributed by atoms with van der Waals surface area (Å²) in [6, 6.07) is 6.79. The Hall–Kier alpha value is -2.14.